The van der Waals surface area contributed by atoms with Crippen LogP contribution in [0.2, 0.25) is 0 Å². The largest absolute Gasteiger partial charge is 0.508 e. The first-order valence-electron chi connectivity index (χ1n) is 13.5. The summed E-state index contributed by atoms with van der Waals surface area (Å²) in [6, 6.07) is 4.76. The smallest absolute Gasteiger partial charge is 0.119 e. The highest BCUT2D eigenvalue weighted by molar-refractivity contribution is 5.92. The van der Waals surface area contributed by atoms with Gasteiger partial charge in [-0.3, -0.25) is 0 Å². The summed E-state index contributed by atoms with van der Waals surface area (Å²) >= 11 is 0. The predicted molar refractivity (Wildman–Crippen MR) is 127 cm³/mol. The summed E-state index contributed by atoms with van der Waals surface area (Å²) in [5.74, 6) is 5.54. The van der Waals surface area contributed by atoms with Crippen molar-refractivity contribution in [3.8, 4) is 5.75 Å². The molecule has 8 rings (SSSR count). The first-order valence-corrected chi connectivity index (χ1v) is 13.5. The highest BCUT2D eigenvalue weighted by Gasteiger charge is 2.55. The number of rotatable bonds is 2. The maximum atomic E-state index is 11.3. The summed E-state index contributed by atoms with van der Waals surface area (Å²) in [6.07, 6.45) is 15.7. The molecule has 0 amide bonds. The maximum Gasteiger partial charge on any atom is 0.119 e. The molecule has 4 bridgehead atoms. The Morgan fingerprint density at radius 2 is 1.69 bits per heavy atom. The van der Waals surface area contributed by atoms with Crippen molar-refractivity contribution in [2.75, 3.05) is 7.11 Å². The SMILES string of the molecule is CO/N=C1\CCC2C3CCc4cc(O)c(C56CC7CC(CC(C7)C5)C6)cc4C3CCC12C. The van der Waals surface area contributed by atoms with Crippen LogP contribution in [0.15, 0.2) is 17.3 Å². The van der Waals surface area contributed by atoms with Crippen molar-refractivity contribution in [1.29, 1.82) is 0 Å². The number of aromatic hydroxyl groups is 1. The summed E-state index contributed by atoms with van der Waals surface area (Å²) in [4.78, 5) is 5.24. The first-order chi connectivity index (χ1) is 15.5. The second kappa shape index (κ2) is 6.76. The molecular weight excluding hydrogens is 394 g/mol. The van der Waals surface area contributed by atoms with Crippen molar-refractivity contribution < 1.29 is 9.94 Å². The number of phenolic OH excluding ortho intramolecular Hbond substituents is 1. The molecule has 3 heteroatoms. The first kappa shape index (κ1) is 19.9. The van der Waals surface area contributed by atoms with E-state index in [-0.39, 0.29) is 10.8 Å². The van der Waals surface area contributed by atoms with Crippen LogP contribution in [0.5, 0.6) is 5.75 Å². The number of hydrogen-bond donors (Lipinski definition) is 1. The molecule has 1 aromatic rings. The second-order valence-corrected chi connectivity index (χ2v) is 12.9. The molecular formula is C29H39NO2. The van der Waals surface area contributed by atoms with Gasteiger partial charge in [-0.15, -0.1) is 0 Å². The lowest BCUT2D eigenvalue weighted by Crippen LogP contribution is -2.48. The van der Waals surface area contributed by atoms with E-state index < -0.39 is 0 Å². The van der Waals surface area contributed by atoms with E-state index in [9.17, 15) is 5.11 Å². The minimum Gasteiger partial charge on any atom is -0.508 e. The maximum absolute atomic E-state index is 11.3. The van der Waals surface area contributed by atoms with Gasteiger partial charge in [0, 0.05) is 11.0 Å². The fraction of sp³-hybridized carbons (Fsp3) is 0.759. The van der Waals surface area contributed by atoms with Crippen LogP contribution in [0.25, 0.3) is 0 Å². The second-order valence-electron chi connectivity index (χ2n) is 12.9. The van der Waals surface area contributed by atoms with Crippen LogP contribution in [0.3, 0.4) is 0 Å². The number of nitrogens with zero attached hydrogens (tertiary/aromatic N) is 1. The zero-order chi connectivity index (χ0) is 21.7. The molecule has 0 aliphatic heterocycles. The number of hydrogen-bond acceptors (Lipinski definition) is 3. The fourth-order valence-corrected chi connectivity index (χ4v) is 10.5. The Balaban J connectivity index is 1.26. The lowest BCUT2D eigenvalue weighted by Gasteiger charge is -2.57. The van der Waals surface area contributed by atoms with Crippen molar-refractivity contribution in [3.05, 3.63) is 28.8 Å². The van der Waals surface area contributed by atoms with Crippen LogP contribution in [0, 0.1) is 35.0 Å². The van der Waals surface area contributed by atoms with Gasteiger partial charge >= 0.3 is 0 Å². The zero-order valence-corrected chi connectivity index (χ0v) is 19.9. The molecule has 1 N–H and O–H groups in total. The summed E-state index contributed by atoms with van der Waals surface area (Å²) in [5, 5.41) is 15.8. The van der Waals surface area contributed by atoms with Gasteiger partial charge < -0.3 is 9.94 Å². The van der Waals surface area contributed by atoms with Crippen LogP contribution in [-0.2, 0) is 16.7 Å². The lowest BCUT2D eigenvalue weighted by molar-refractivity contribution is -0.00628. The van der Waals surface area contributed by atoms with Gasteiger partial charge in [-0.1, -0.05) is 18.1 Å². The van der Waals surface area contributed by atoms with E-state index in [2.05, 4.69) is 24.2 Å². The third-order valence-electron chi connectivity index (χ3n) is 11.4. The normalized spacial score (nSPS) is 47.2. The number of oxime groups is 1. The highest BCUT2D eigenvalue weighted by Crippen LogP contribution is 2.64. The number of benzene rings is 1. The summed E-state index contributed by atoms with van der Waals surface area (Å²) < 4.78 is 0. The Hall–Kier alpha value is -1.51. The van der Waals surface area contributed by atoms with Crippen LogP contribution in [0.1, 0.15) is 100 Å². The quantitative estimate of drug-likeness (QED) is 0.526. The number of fused-ring (bicyclic) bond motifs is 5. The van der Waals surface area contributed by atoms with Crippen LogP contribution in [0.4, 0.5) is 0 Å². The van der Waals surface area contributed by atoms with Crippen LogP contribution in [-0.4, -0.2) is 17.9 Å². The summed E-state index contributed by atoms with van der Waals surface area (Å²) in [5.41, 5.74) is 6.23. The Morgan fingerprint density at radius 1 is 0.969 bits per heavy atom. The minimum absolute atomic E-state index is 0.231. The monoisotopic (exact) mass is 433 g/mol. The molecule has 0 heterocycles. The standard InChI is InChI=1S/C29H39NO2/c1-28-8-7-21-22(24(28)5-6-27(28)30-32-2)4-3-20-12-26(31)25(13-23(20)21)29-14-17-9-18(15-29)11-19(10-17)16-29/h12-13,17-19,21-22,24,31H,3-11,14-16H2,1-2H3/b30-27+. The van der Waals surface area contributed by atoms with Gasteiger partial charge in [0.05, 0.1) is 5.71 Å². The summed E-state index contributed by atoms with van der Waals surface area (Å²) in [7, 11) is 1.70. The van der Waals surface area contributed by atoms with E-state index in [0.717, 1.165) is 42.4 Å². The van der Waals surface area contributed by atoms with Gasteiger partial charge in [0.15, 0.2) is 0 Å². The van der Waals surface area contributed by atoms with Gasteiger partial charge in [0.25, 0.3) is 0 Å². The number of aryl methyl sites for hydroxylation is 1. The van der Waals surface area contributed by atoms with Gasteiger partial charge in [-0.05, 0) is 135 Å². The third kappa shape index (κ3) is 2.63. The van der Waals surface area contributed by atoms with E-state index in [1.54, 1.807) is 12.7 Å². The van der Waals surface area contributed by atoms with E-state index in [4.69, 9.17) is 4.84 Å². The average Bonchev–Trinajstić information content (AvgIpc) is 3.08. The molecule has 0 aromatic heterocycles. The molecule has 0 saturated heterocycles. The third-order valence-corrected chi connectivity index (χ3v) is 11.4. The molecule has 32 heavy (non-hydrogen) atoms. The molecule has 6 saturated carbocycles. The molecule has 0 radical (unpaired) electrons. The molecule has 1 aromatic carbocycles. The Morgan fingerprint density at radius 3 is 2.38 bits per heavy atom. The fourth-order valence-electron chi connectivity index (χ4n) is 10.5. The average molecular weight is 434 g/mol. The van der Waals surface area contributed by atoms with Crippen molar-refractivity contribution in [3.63, 3.8) is 0 Å². The Bertz CT molecular complexity index is 944. The highest BCUT2D eigenvalue weighted by atomic mass is 16.6. The molecule has 4 unspecified atom stereocenters. The molecule has 3 nitrogen and oxygen atoms in total. The topological polar surface area (TPSA) is 41.8 Å². The van der Waals surface area contributed by atoms with Crippen molar-refractivity contribution >= 4 is 5.71 Å². The van der Waals surface area contributed by atoms with Gasteiger partial charge in [0.1, 0.15) is 12.9 Å². The number of phenols is 1. The summed E-state index contributed by atoms with van der Waals surface area (Å²) in [6.45, 7) is 2.46. The Labute approximate surface area is 193 Å². The van der Waals surface area contributed by atoms with Crippen LogP contribution >= 0.6 is 0 Å². The van der Waals surface area contributed by atoms with E-state index >= 15 is 0 Å². The van der Waals surface area contributed by atoms with Crippen LogP contribution < -0.4 is 0 Å². The van der Waals surface area contributed by atoms with E-state index in [0.29, 0.717) is 11.7 Å². The molecule has 7 aliphatic carbocycles. The van der Waals surface area contributed by atoms with Gasteiger partial charge in [-0.2, -0.15) is 0 Å². The van der Waals surface area contributed by atoms with Crippen molar-refractivity contribution in [2.45, 2.75) is 95.3 Å². The lowest BCUT2D eigenvalue weighted by atomic mass is 9.47. The van der Waals surface area contributed by atoms with Crippen molar-refractivity contribution in [2.24, 2.45) is 40.2 Å². The van der Waals surface area contributed by atoms with E-state index in [1.165, 1.54) is 81.0 Å². The molecule has 7 aliphatic rings. The Kier molecular flexibility index (Phi) is 4.21. The minimum atomic E-state index is 0.231. The van der Waals surface area contributed by atoms with Gasteiger partial charge in [0.2, 0.25) is 0 Å². The molecule has 6 fully saturated rings. The molecule has 0 spiro atoms. The van der Waals surface area contributed by atoms with Crippen molar-refractivity contribution in [1.82, 2.24) is 0 Å². The predicted octanol–water partition coefficient (Wildman–Crippen LogP) is 6.72. The zero-order valence-electron chi connectivity index (χ0n) is 19.9. The van der Waals surface area contributed by atoms with E-state index in [1.807, 2.05) is 0 Å². The van der Waals surface area contributed by atoms with Gasteiger partial charge in [-0.25, -0.2) is 0 Å². The molecule has 172 valence electrons. The molecule has 4 atom stereocenters.